The Morgan fingerprint density at radius 1 is 1.33 bits per heavy atom. The summed E-state index contributed by atoms with van der Waals surface area (Å²) in [5, 5.41) is 10.3. The lowest BCUT2D eigenvalue weighted by molar-refractivity contribution is -0.385. The van der Waals surface area contributed by atoms with Crippen LogP contribution in [0, 0.1) is 15.9 Å². The lowest BCUT2D eigenvalue weighted by atomic mass is 10.3. The van der Waals surface area contributed by atoms with Crippen LogP contribution in [0.5, 0.6) is 11.8 Å². The summed E-state index contributed by atoms with van der Waals surface area (Å²) in [5.41, 5.74) is -0.250. The molecule has 0 aliphatic carbocycles. The molecule has 0 radical (unpaired) electrons. The van der Waals surface area contributed by atoms with Crippen molar-refractivity contribution in [1.82, 2.24) is 9.97 Å². The Bertz CT molecular complexity index is 591. The van der Waals surface area contributed by atoms with E-state index in [1.54, 1.807) is 0 Å². The second-order valence-corrected chi connectivity index (χ2v) is 3.57. The molecule has 2 aromatic rings. The van der Waals surface area contributed by atoms with Gasteiger partial charge in [-0.3, -0.25) is 10.1 Å². The molecule has 0 aliphatic heterocycles. The number of aromatic nitrogens is 2. The van der Waals surface area contributed by atoms with E-state index in [0.29, 0.717) is 0 Å². The van der Waals surface area contributed by atoms with Crippen molar-refractivity contribution < 1.29 is 14.1 Å². The van der Waals surface area contributed by atoms with Crippen molar-refractivity contribution in [1.29, 1.82) is 0 Å². The number of nitro groups is 1. The van der Waals surface area contributed by atoms with E-state index >= 15 is 0 Å². The van der Waals surface area contributed by atoms with E-state index < -0.39 is 10.7 Å². The summed E-state index contributed by atoms with van der Waals surface area (Å²) in [4.78, 5) is 17.0. The van der Waals surface area contributed by atoms with Crippen molar-refractivity contribution in [3.63, 3.8) is 0 Å². The molecule has 18 heavy (non-hydrogen) atoms. The lowest BCUT2D eigenvalue weighted by Crippen LogP contribution is -1.94. The molecular weight excluding hydrogens is 265 g/mol. The van der Waals surface area contributed by atoms with Crippen molar-refractivity contribution in [3.05, 3.63) is 51.5 Å². The Morgan fingerprint density at radius 2 is 2.00 bits per heavy atom. The number of halogens is 2. The summed E-state index contributed by atoms with van der Waals surface area (Å²) in [6.07, 6.45) is 2.01. The monoisotopic (exact) mass is 269 g/mol. The zero-order chi connectivity index (χ0) is 13.1. The molecule has 1 aromatic carbocycles. The molecular formula is C10H5ClFN3O3. The average molecular weight is 270 g/mol. The third-order valence-corrected chi connectivity index (χ3v) is 2.22. The highest BCUT2D eigenvalue weighted by molar-refractivity contribution is 6.30. The Kier molecular flexibility index (Phi) is 3.33. The standard InChI is InChI=1S/C10H5ClFN3O3/c11-8-3-7(1-2-9(8)12)18-10-13-4-6(5-14-10)15(16)17/h1-5H. The molecule has 1 heterocycles. The average Bonchev–Trinajstić information content (AvgIpc) is 2.34. The summed E-state index contributed by atoms with van der Waals surface area (Å²) in [6.45, 7) is 0. The van der Waals surface area contributed by atoms with Crippen LogP contribution in [0.15, 0.2) is 30.6 Å². The normalized spacial score (nSPS) is 10.1. The zero-order valence-corrected chi connectivity index (χ0v) is 9.46. The molecule has 1 aromatic heterocycles. The van der Waals surface area contributed by atoms with Crippen LogP contribution < -0.4 is 4.74 Å². The minimum atomic E-state index is -0.626. The second-order valence-electron chi connectivity index (χ2n) is 3.16. The Balaban J connectivity index is 2.18. The number of hydrogen-bond acceptors (Lipinski definition) is 5. The van der Waals surface area contributed by atoms with Gasteiger partial charge in [0, 0.05) is 6.07 Å². The first-order valence-corrected chi connectivity index (χ1v) is 5.03. The van der Waals surface area contributed by atoms with E-state index in [1.165, 1.54) is 12.1 Å². The van der Waals surface area contributed by atoms with Gasteiger partial charge in [-0.05, 0) is 12.1 Å². The van der Waals surface area contributed by atoms with Gasteiger partial charge >= 0.3 is 11.7 Å². The quantitative estimate of drug-likeness (QED) is 0.632. The molecule has 0 saturated heterocycles. The third kappa shape index (κ3) is 2.69. The van der Waals surface area contributed by atoms with E-state index in [4.69, 9.17) is 16.3 Å². The van der Waals surface area contributed by atoms with Crippen LogP contribution in [0.1, 0.15) is 0 Å². The number of nitrogens with zero attached hydrogens (tertiary/aromatic N) is 3. The van der Waals surface area contributed by atoms with Crippen LogP contribution in [-0.4, -0.2) is 14.9 Å². The van der Waals surface area contributed by atoms with E-state index in [1.807, 2.05) is 0 Å². The van der Waals surface area contributed by atoms with Crippen LogP contribution in [0.2, 0.25) is 5.02 Å². The summed E-state index contributed by atoms with van der Waals surface area (Å²) in [5.74, 6) is -0.344. The zero-order valence-electron chi connectivity index (χ0n) is 8.71. The fourth-order valence-electron chi connectivity index (χ4n) is 1.10. The fraction of sp³-hybridized carbons (Fsp3) is 0. The largest absolute Gasteiger partial charge is 0.424 e. The Morgan fingerprint density at radius 3 is 2.56 bits per heavy atom. The van der Waals surface area contributed by atoms with E-state index in [0.717, 1.165) is 18.5 Å². The maximum absolute atomic E-state index is 12.9. The molecule has 0 spiro atoms. The summed E-state index contributed by atoms with van der Waals surface area (Å²) in [6, 6.07) is 3.62. The first-order chi connectivity index (χ1) is 8.56. The predicted octanol–water partition coefficient (Wildman–Crippen LogP) is 2.97. The van der Waals surface area contributed by atoms with Gasteiger partial charge in [0.25, 0.3) is 0 Å². The molecule has 92 valence electrons. The molecule has 6 nitrogen and oxygen atoms in total. The molecule has 0 unspecified atom stereocenters. The number of benzene rings is 1. The summed E-state index contributed by atoms with van der Waals surface area (Å²) in [7, 11) is 0. The molecule has 0 saturated carbocycles. The summed E-state index contributed by atoms with van der Waals surface area (Å²) < 4.78 is 18.0. The van der Waals surface area contributed by atoms with Crippen LogP contribution in [0.3, 0.4) is 0 Å². The van der Waals surface area contributed by atoms with Crippen molar-refractivity contribution in [2.75, 3.05) is 0 Å². The van der Waals surface area contributed by atoms with Crippen molar-refractivity contribution in [2.45, 2.75) is 0 Å². The van der Waals surface area contributed by atoms with Gasteiger partial charge in [0.15, 0.2) is 0 Å². The highest BCUT2D eigenvalue weighted by Gasteiger charge is 2.09. The van der Waals surface area contributed by atoms with Gasteiger partial charge in [-0.25, -0.2) is 4.39 Å². The van der Waals surface area contributed by atoms with E-state index in [-0.39, 0.29) is 22.5 Å². The Labute approximate surface area is 105 Å². The minimum Gasteiger partial charge on any atom is -0.424 e. The van der Waals surface area contributed by atoms with Crippen LogP contribution in [0.4, 0.5) is 10.1 Å². The van der Waals surface area contributed by atoms with Gasteiger partial charge < -0.3 is 4.74 Å². The molecule has 0 fully saturated rings. The van der Waals surface area contributed by atoms with E-state index in [2.05, 4.69) is 9.97 Å². The minimum absolute atomic E-state index is 0.0942. The number of hydrogen-bond donors (Lipinski definition) is 0. The smallest absolute Gasteiger partial charge is 0.322 e. The summed E-state index contributed by atoms with van der Waals surface area (Å²) >= 11 is 5.56. The second kappa shape index (κ2) is 4.92. The molecule has 2 rings (SSSR count). The topological polar surface area (TPSA) is 78.2 Å². The predicted molar refractivity (Wildman–Crippen MR) is 60.2 cm³/mol. The van der Waals surface area contributed by atoms with Crippen molar-refractivity contribution >= 4 is 17.3 Å². The molecule has 0 atom stereocenters. The fourth-order valence-corrected chi connectivity index (χ4v) is 1.27. The van der Waals surface area contributed by atoms with Gasteiger partial charge in [-0.15, -0.1) is 0 Å². The highest BCUT2D eigenvalue weighted by atomic mass is 35.5. The first kappa shape index (κ1) is 12.2. The molecule has 8 heteroatoms. The molecule has 0 bridgehead atoms. The van der Waals surface area contributed by atoms with Crippen LogP contribution >= 0.6 is 11.6 Å². The van der Waals surface area contributed by atoms with Crippen LogP contribution in [0.25, 0.3) is 0 Å². The SMILES string of the molecule is O=[N+]([O-])c1cnc(Oc2ccc(F)c(Cl)c2)nc1. The number of rotatable bonds is 3. The van der Waals surface area contributed by atoms with Gasteiger partial charge in [0.2, 0.25) is 0 Å². The third-order valence-electron chi connectivity index (χ3n) is 1.93. The highest BCUT2D eigenvalue weighted by Crippen LogP contribution is 2.24. The van der Waals surface area contributed by atoms with Crippen molar-refractivity contribution in [3.8, 4) is 11.8 Å². The molecule has 0 amide bonds. The Hall–Kier alpha value is -2.28. The lowest BCUT2D eigenvalue weighted by Gasteiger charge is -2.03. The van der Waals surface area contributed by atoms with Gasteiger partial charge in [0.05, 0.1) is 9.95 Å². The molecule has 0 N–H and O–H groups in total. The van der Waals surface area contributed by atoms with Gasteiger partial charge in [-0.1, -0.05) is 11.6 Å². The van der Waals surface area contributed by atoms with Crippen molar-refractivity contribution in [2.24, 2.45) is 0 Å². The maximum Gasteiger partial charge on any atom is 0.322 e. The number of ether oxygens (including phenoxy) is 1. The molecule has 0 aliphatic rings. The van der Waals surface area contributed by atoms with E-state index in [9.17, 15) is 14.5 Å². The first-order valence-electron chi connectivity index (χ1n) is 4.65. The van der Waals surface area contributed by atoms with Gasteiger partial charge in [0.1, 0.15) is 24.0 Å². The maximum atomic E-state index is 12.9. The van der Waals surface area contributed by atoms with Crippen LogP contribution in [-0.2, 0) is 0 Å². The van der Waals surface area contributed by atoms with Gasteiger partial charge in [-0.2, -0.15) is 9.97 Å².